The van der Waals surface area contributed by atoms with E-state index in [1.165, 1.54) is 7.11 Å². The van der Waals surface area contributed by atoms with Crippen LogP contribution in [0.1, 0.15) is 23.2 Å². The van der Waals surface area contributed by atoms with Crippen LogP contribution < -0.4 is 10.5 Å². The van der Waals surface area contributed by atoms with Gasteiger partial charge in [0.2, 0.25) is 0 Å². The van der Waals surface area contributed by atoms with Crippen LogP contribution in [0.2, 0.25) is 0 Å². The summed E-state index contributed by atoms with van der Waals surface area (Å²) in [5.74, 6) is 0.393. The van der Waals surface area contributed by atoms with Crippen molar-refractivity contribution in [2.45, 2.75) is 12.8 Å². The van der Waals surface area contributed by atoms with Gasteiger partial charge >= 0.3 is 0 Å². The van der Waals surface area contributed by atoms with Gasteiger partial charge in [-0.25, -0.2) is 0 Å². The molecule has 0 heterocycles. The third-order valence-corrected chi connectivity index (χ3v) is 2.74. The van der Waals surface area contributed by atoms with Crippen molar-refractivity contribution in [3.8, 4) is 5.75 Å². The van der Waals surface area contributed by atoms with Gasteiger partial charge in [-0.3, -0.25) is 4.79 Å². The van der Waals surface area contributed by atoms with Gasteiger partial charge in [0.15, 0.2) is 0 Å². The molecule has 2 N–H and O–H groups in total. The SMILES string of the molecule is C=CCCCN(C)C(=O)c1c(N)cccc1OC. The van der Waals surface area contributed by atoms with Gasteiger partial charge in [-0.05, 0) is 25.0 Å². The zero-order chi connectivity index (χ0) is 13.5. The van der Waals surface area contributed by atoms with Gasteiger partial charge in [-0.2, -0.15) is 0 Å². The van der Waals surface area contributed by atoms with E-state index in [9.17, 15) is 4.79 Å². The second kappa shape index (κ2) is 6.69. The summed E-state index contributed by atoms with van der Waals surface area (Å²) >= 11 is 0. The molecule has 18 heavy (non-hydrogen) atoms. The molecule has 0 bridgehead atoms. The summed E-state index contributed by atoms with van der Waals surface area (Å²) in [5, 5.41) is 0. The molecule has 0 aliphatic rings. The molecule has 0 aromatic heterocycles. The summed E-state index contributed by atoms with van der Waals surface area (Å²) < 4.78 is 5.18. The summed E-state index contributed by atoms with van der Waals surface area (Å²) in [6, 6.07) is 5.21. The molecule has 0 saturated carbocycles. The molecule has 4 heteroatoms. The van der Waals surface area contributed by atoms with Crippen LogP contribution in [0.15, 0.2) is 30.9 Å². The molecule has 0 radical (unpaired) electrons. The number of amides is 1. The molecule has 0 aliphatic heterocycles. The van der Waals surface area contributed by atoms with Crippen LogP contribution in [0.5, 0.6) is 5.75 Å². The van der Waals surface area contributed by atoms with E-state index in [-0.39, 0.29) is 5.91 Å². The zero-order valence-electron chi connectivity index (χ0n) is 11.0. The highest BCUT2D eigenvalue weighted by atomic mass is 16.5. The Hall–Kier alpha value is -1.97. The van der Waals surface area contributed by atoms with Gasteiger partial charge in [-0.1, -0.05) is 12.1 Å². The first-order chi connectivity index (χ1) is 8.61. The summed E-state index contributed by atoms with van der Waals surface area (Å²) in [6.45, 7) is 4.33. The summed E-state index contributed by atoms with van der Waals surface area (Å²) in [6.07, 6.45) is 3.62. The number of anilines is 1. The number of ether oxygens (including phenoxy) is 1. The van der Waals surface area contributed by atoms with Crippen molar-refractivity contribution in [2.75, 3.05) is 26.4 Å². The maximum atomic E-state index is 12.3. The van der Waals surface area contributed by atoms with Crippen LogP contribution in [0.25, 0.3) is 0 Å². The van der Waals surface area contributed by atoms with Crippen molar-refractivity contribution in [2.24, 2.45) is 0 Å². The van der Waals surface area contributed by atoms with Gasteiger partial charge < -0.3 is 15.4 Å². The van der Waals surface area contributed by atoms with Crippen molar-refractivity contribution in [3.63, 3.8) is 0 Å². The Labute approximate surface area is 108 Å². The second-order valence-corrected chi connectivity index (χ2v) is 4.08. The smallest absolute Gasteiger partial charge is 0.259 e. The third kappa shape index (κ3) is 3.26. The Morgan fingerprint density at radius 1 is 1.56 bits per heavy atom. The minimum absolute atomic E-state index is 0.117. The number of benzene rings is 1. The van der Waals surface area contributed by atoms with E-state index in [0.29, 0.717) is 23.5 Å². The van der Waals surface area contributed by atoms with Crippen molar-refractivity contribution in [1.82, 2.24) is 4.90 Å². The number of nitrogen functional groups attached to an aromatic ring is 1. The van der Waals surface area contributed by atoms with E-state index in [1.807, 2.05) is 6.08 Å². The van der Waals surface area contributed by atoms with Gasteiger partial charge in [0.1, 0.15) is 11.3 Å². The van der Waals surface area contributed by atoms with Gasteiger partial charge in [-0.15, -0.1) is 6.58 Å². The van der Waals surface area contributed by atoms with Crippen LogP contribution >= 0.6 is 0 Å². The molecule has 0 spiro atoms. The molecular weight excluding hydrogens is 228 g/mol. The fourth-order valence-electron chi connectivity index (χ4n) is 1.71. The number of carbonyl (C=O) groups is 1. The van der Waals surface area contributed by atoms with Crippen LogP contribution in [-0.4, -0.2) is 31.5 Å². The Balaban J connectivity index is 2.85. The number of hydrogen-bond acceptors (Lipinski definition) is 3. The highest BCUT2D eigenvalue weighted by Gasteiger charge is 2.18. The van der Waals surface area contributed by atoms with E-state index >= 15 is 0 Å². The monoisotopic (exact) mass is 248 g/mol. The fourth-order valence-corrected chi connectivity index (χ4v) is 1.71. The highest BCUT2D eigenvalue weighted by molar-refractivity contribution is 6.01. The second-order valence-electron chi connectivity index (χ2n) is 4.08. The lowest BCUT2D eigenvalue weighted by Crippen LogP contribution is -2.28. The number of methoxy groups -OCH3 is 1. The van der Waals surface area contributed by atoms with Gasteiger partial charge in [0, 0.05) is 19.3 Å². The molecule has 1 amide bonds. The lowest BCUT2D eigenvalue weighted by molar-refractivity contribution is 0.0791. The van der Waals surface area contributed by atoms with Crippen molar-refractivity contribution >= 4 is 11.6 Å². The normalized spacial score (nSPS) is 9.89. The predicted octanol–water partition coefficient (Wildman–Crippen LogP) is 2.32. The predicted molar refractivity (Wildman–Crippen MR) is 73.8 cm³/mol. The average Bonchev–Trinajstić information content (AvgIpc) is 2.37. The molecule has 4 nitrogen and oxygen atoms in total. The number of nitrogens with zero attached hydrogens (tertiary/aromatic N) is 1. The summed E-state index contributed by atoms with van der Waals surface area (Å²) in [7, 11) is 3.29. The summed E-state index contributed by atoms with van der Waals surface area (Å²) in [4.78, 5) is 13.9. The van der Waals surface area contributed by atoms with E-state index in [1.54, 1.807) is 30.1 Å². The van der Waals surface area contributed by atoms with E-state index in [4.69, 9.17) is 10.5 Å². The molecule has 0 unspecified atom stereocenters. The van der Waals surface area contributed by atoms with Crippen LogP contribution in [0, 0.1) is 0 Å². The minimum atomic E-state index is -0.117. The number of nitrogens with two attached hydrogens (primary N) is 1. The number of hydrogen-bond donors (Lipinski definition) is 1. The first kappa shape index (κ1) is 14.1. The van der Waals surface area contributed by atoms with E-state index in [2.05, 4.69) is 6.58 Å². The topological polar surface area (TPSA) is 55.6 Å². The van der Waals surface area contributed by atoms with Crippen molar-refractivity contribution < 1.29 is 9.53 Å². The van der Waals surface area contributed by atoms with Crippen LogP contribution in [0.3, 0.4) is 0 Å². The molecule has 0 saturated heterocycles. The Bertz CT molecular complexity index is 430. The van der Waals surface area contributed by atoms with E-state index in [0.717, 1.165) is 12.8 Å². The van der Waals surface area contributed by atoms with Crippen molar-refractivity contribution in [1.29, 1.82) is 0 Å². The number of carbonyl (C=O) groups excluding carboxylic acids is 1. The first-order valence-electron chi connectivity index (χ1n) is 5.90. The standard InChI is InChI=1S/C14H20N2O2/c1-4-5-6-10-16(2)14(17)13-11(15)8-7-9-12(13)18-3/h4,7-9H,1,5-6,10,15H2,2-3H3. The lowest BCUT2D eigenvalue weighted by Gasteiger charge is -2.19. The molecule has 98 valence electrons. The molecule has 1 aromatic carbocycles. The lowest BCUT2D eigenvalue weighted by atomic mass is 10.1. The zero-order valence-corrected chi connectivity index (χ0v) is 11.0. The number of allylic oxidation sites excluding steroid dienone is 1. The molecule has 0 fully saturated rings. The molecule has 1 rings (SSSR count). The van der Waals surface area contributed by atoms with Gasteiger partial charge in [0.05, 0.1) is 7.11 Å². The number of rotatable bonds is 6. The van der Waals surface area contributed by atoms with Crippen molar-refractivity contribution in [3.05, 3.63) is 36.4 Å². The summed E-state index contributed by atoms with van der Waals surface area (Å²) in [5.41, 5.74) is 6.72. The maximum Gasteiger partial charge on any atom is 0.259 e. The molecule has 0 aliphatic carbocycles. The fraction of sp³-hybridized carbons (Fsp3) is 0.357. The molecule has 0 atom stereocenters. The average molecular weight is 248 g/mol. The minimum Gasteiger partial charge on any atom is -0.496 e. The molecular formula is C14H20N2O2. The first-order valence-corrected chi connectivity index (χ1v) is 5.90. The largest absolute Gasteiger partial charge is 0.496 e. The van der Waals surface area contributed by atoms with E-state index < -0.39 is 0 Å². The molecule has 1 aromatic rings. The number of unbranched alkanes of at least 4 members (excludes halogenated alkanes) is 1. The van der Waals surface area contributed by atoms with Gasteiger partial charge in [0.25, 0.3) is 5.91 Å². The highest BCUT2D eigenvalue weighted by Crippen LogP contribution is 2.25. The quantitative estimate of drug-likeness (QED) is 0.477. The Morgan fingerprint density at radius 2 is 2.28 bits per heavy atom. The Morgan fingerprint density at radius 3 is 2.89 bits per heavy atom. The van der Waals surface area contributed by atoms with Crippen LogP contribution in [-0.2, 0) is 0 Å². The van der Waals surface area contributed by atoms with Crippen LogP contribution in [0.4, 0.5) is 5.69 Å². The third-order valence-electron chi connectivity index (χ3n) is 2.74. The Kier molecular flexibility index (Phi) is 5.24. The maximum absolute atomic E-state index is 12.3.